The molecule has 0 spiro atoms. The molecule has 1 saturated heterocycles. The smallest absolute Gasteiger partial charge is 0.412 e. The summed E-state index contributed by atoms with van der Waals surface area (Å²) in [5, 5.41) is 0.250. The van der Waals surface area contributed by atoms with Gasteiger partial charge in [0.25, 0.3) is 0 Å². The molecule has 0 aromatic carbocycles. The van der Waals surface area contributed by atoms with Crippen LogP contribution in [0.25, 0.3) is 0 Å². The zero-order valence-corrected chi connectivity index (χ0v) is 18.8. The number of amides is 1. The van der Waals surface area contributed by atoms with E-state index in [0.29, 0.717) is 13.2 Å². The average Bonchev–Trinajstić information content (AvgIpc) is 2.64. The number of nitrogens with zero attached hydrogens (tertiary/aromatic N) is 1. The van der Waals surface area contributed by atoms with E-state index in [1.165, 1.54) is 0 Å². The van der Waals surface area contributed by atoms with Crippen LogP contribution in [0.3, 0.4) is 0 Å². The van der Waals surface area contributed by atoms with E-state index in [4.69, 9.17) is 13.9 Å². The fraction of sp³-hybridized carbons (Fsp3) is 0.947. The molecule has 1 fully saturated rings. The first-order chi connectivity index (χ1) is 11.2. The summed E-state index contributed by atoms with van der Waals surface area (Å²) in [7, 11) is -1.65. The fourth-order valence-electron chi connectivity index (χ4n) is 2.83. The van der Waals surface area contributed by atoms with E-state index in [9.17, 15) is 4.79 Å². The number of unbranched alkanes of at least 4 members (excludes halogenated alkanes) is 2. The molecule has 1 aliphatic rings. The highest BCUT2D eigenvalue weighted by atomic mass is 28.4. The lowest BCUT2D eigenvalue weighted by molar-refractivity contribution is -0.0519. The monoisotopic (exact) mass is 373 g/mol. The normalized spacial score (nSPS) is 20.0. The summed E-state index contributed by atoms with van der Waals surface area (Å²) in [5.74, 6) is 0. The molecule has 5 nitrogen and oxygen atoms in total. The van der Waals surface area contributed by atoms with Gasteiger partial charge < -0.3 is 13.9 Å². The lowest BCUT2D eigenvalue weighted by atomic mass is 10.0. The molecule has 148 valence electrons. The molecule has 25 heavy (non-hydrogen) atoms. The predicted molar refractivity (Wildman–Crippen MR) is 104 cm³/mol. The van der Waals surface area contributed by atoms with Gasteiger partial charge in [-0.25, -0.2) is 4.79 Å². The number of rotatable bonds is 7. The minimum atomic E-state index is -1.65. The second-order valence-corrected chi connectivity index (χ2v) is 14.5. The van der Waals surface area contributed by atoms with Crippen LogP contribution < -0.4 is 0 Å². The quantitative estimate of drug-likeness (QED) is 0.457. The van der Waals surface area contributed by atoms with E-state index < -0.39 is 14.0 Å². The molecule has 0 unspecified atom stereocenters. The lowest BCUT2D eigenvalue weighted by Crippen LogP contribution is -2.52. The van der Waals surface area contributed by atoms with E-state index in [1.54, 1.807) is 4.90 Å². The molecule has 0 radical (unpaired) electrons. The van der Waals surface area contributed by atoms with Crippen LogP contribution in [0.1, 0.15) is 67.7 Å². The molecule has 1 rings (SSSR count). The Morgan fingerprint density at radius 2 is 1.64 bits per heavy atom. The first-order valence-corrected chi connectivity index (χ1v) is 12.4. The second kappa shape index (κ2) is 7.97. The molecule has 1 amide bonds. The standard InChI is InChI=1S/C19H39NO4Si/c1-17(2,3)25(8,9)24-14-12-10-11-13-22-16(21)20-18(4,5)15-23-19(20,6)7/h10-15H2,1-9H3. The molecular weight excluding hydrogens is 334 g/mol. The highest BCUT2D eigenvalue weighted by molar-refractivity contribution is 6.74. The van der Waals surface area contributed by atoms with E-state index >= 15 is 0 Å². The SMILES string of the molecule is CC1(C)COC(C)(C)N1C(=O)OCCCCCO[Si](C)(C)C(C)(C)C. The highest BCUT2D eigenvalue weighted by Crippen LogP contribution is 2.37. The molecule has 0 aromatic rings. The van der Waals surface area contributed by atoms with Crippen molar-refractivity contribution >= 4 is 14.4 Å². The summed E-state index contributed by atoms with van der Waals surface area (Å²) in [6.45, 7) is 20.9. The van der Waals surface area contributed by atoms with Crippen molar-refractivity contribution in [2.45, 2.75) is 97.1 Å². The Labute approximate surface area is 155 Å². The molecule has 0 atom stereocenters. The van der Waals surface area contributed by atoms with Gasteiger partial charge in [-0.1, -0.05) is 20.8 Å². The zero-order valence-electron chi connectivity index (χ0n) is 17.8. The second-order valence-electron chi connectivity index (χ2n) is 9.67. The van der Waals surface area contributed by atoms with Gasteiger partial charge in [-0.2, -0.15) is 0 Å². The third-order valence-electron chi connectivity index (χ3n) is 5.39. The minimum Gasteiger partial charge on any atom is -0.449 e. The van der Waals surface area contributed by atoms with E-state index in [1.807, 2.05) is 27.7 Å². The van der Waals surface area contributed by atoms with Gasteiger partial charge in [-0.15, -0.1) is 0 Å². The van der Waals surface area contributed by atoms with Crippen LogP contribution in [0.2, 0.25) is 18.1 Å². The summed E-state index contributed by atoms with van der Waals surface area (Å²) < 4.78 is 17.4. The maximum absolute atomic E-state index is 12.4. The third kappa shape index (κ3) is 5.96. The molecule has 0 bridgehead atoms. The number of hydrogen-bond donors (Lipinski definition) is 0. The Hall–Kier alpha value is -0.593. The molecule has 0 aliphatic carbocycles. The van der Waals surface area contributed by atoms with E-state index in [0.717, 1.165) is 25.9 Å². The van der Waals surface area contributed by atoms with Crippen LogP contribution in [0.5, 0.6) is 0 Å². The molecule has 0 saturated carbocycles. The number of ether oxygens (including phenoxy) is 2. The summed E-state index contributed by atoms with van der Waals surface area (Å²) in [6.07, 6.45) is 2.59. The first kappa shape index (κ1) is 22.4. The van der Waals surface area contributed by atoms with Crippen molar-refractivity contribution in [2.24, 2.45) is 0 Å². The van der Waals surface area contributed by atoms with Gasteiger partial charge in [0.15, 0.2) is 8.32 Å². The van der Waals surface area contributed by atoms with Crippen molar-refractivity contribution in [3.63, 3.8) is 0 Å². The summed E-state index contributed by atoms with van der Waals surface area (Å²) in [6, 6.07) is 0. The maximum Gasteiger partial charge on any atom is 0.412 e. The first-order valence-electron chi connectivity index (χ1n) is 9.46. The molecule has 0 aromatic heterocycles. The average molecular weight is 374 g/mol. The van der Waals surface area contributed by atoms with Gasteiger partial charge in [0.1, 0.15) is 5.72 Å². The minimum absolute atomic E-state index is 0.250. The van der Waals surface area contributed by atoms with Crippen molar-refractivity contribution in [1.82, 2.24) is 4.90 Å². The van der Waals surface area contributed by atoms with Gasteiger partial charge in [-0.3, -0.25) is 4.90 Å². The topological polar surface area (TPSA) is 48.0 Å². The van der Waals surface area contributed by atoms with Crippen molar-refractivity contribution in [1.29, 1.82) is 0 Å². The highest BCUT2D eigenvalue weighted by Gasteiger charge is 2.49. The van der Waals surface area contributed by atoms with Crippen LogP contribution in [0.15, 0.2) is 0 Å². The Morgan fingerprint density at radius 1 is 1.08 bits per heavy atom. The summed E-state index contributed by atoms with van der Waals surface area (Å²) >= 11 is 0. The van der Waals surface area contributed by atoms with Gasteiger partial charge in [0, 0.05) is 6.61 Å². The van der Waals surface area contributed by atoms with E-state index in [-0.39, 0.29) is 16.7 Å². The Bertz CT molecular complexity index is 439. The van der Waals surface area contributed by atoms with Gasteiger partial charge >= 0.3 is 6.09 Å². The van der Waals surface area contributed by atoms with Gasteiger partial charge in [0.2, 0.25) is 0 Å². The Kier molecular flexibility index (Phi) is 7.15. The third-order valence-corrected chi connectivity index (χ3v) is 9.93. The van der Waals surface area contributed by atoms with Crippen LogP contribution in [0.4, 0.5) is 4.79 Å². The molecule has 1 aliphatic heterocycles. The van der Waals surface area contributed by atoms with Crippen LogP contribution in [-0.2, 0) is 13.9 Å². The van der Waals surface area contributed by atoms with Crippen LogP contribution >= 0.6 is 0 Å². The van der Waals surface area contributed by atoms with Crippen molar-refractivity contribution in [2.75, 3.05) is 19.8 Å². The number of hydrogen-bond acceptors (Lipinski definition) is 4. The lowest BCUT2D eigenvalue weighted by Gasteiger charge is -2.36. The molecule has 6 heteroatoms. The van der Waals surface area contributed by atoms with Crippen molar-refractivity contribution in [3.05, 3.63) is 0 Å². The molecule has 1 heterocycles. The Morgan fingerprint density at radius 3 is 2.12 bits per heavy atom. The van der Waals surface area contributed by atoms with Crippen LogP contribution in [0, 0.1) is 0 Å². The van der Waals surface area contributed by atoms with Gasteiger partial charge in [-0.05, 0) is 65.1 Å². The number of carbonyl (C=O) groups is 1. The Balaban J connectivity index is 2.25. The molecule has 0 N–H and O–H groups in total. The van der Waals surface area contributed by atoms with E-state index in [2.05, 4.69) is 33.9 Å². The van der Waals surface area contributed by atoms with Crippen molar-refractivity contribution < 1.29 is 18.7 Å². The molecular formula is C19H39NO4Si. The maximum atomic E-state index is 12.4. The zero-order chi connectivity index (χ0) is 19.5. The van der Waals surface area contributed by atoms with Crippen molar-refractivity contribution in [3.8, 4) is 0 Å². The predicted octanol–water partition coefficient (Wildman–Crippen LogP) is 5.16. The fourth-order valence-corrected chi connectivity index (χ4v) is 3.91. The summed E-state index contributed by atoms with van der Waals surface area (Å²) in [5.41, 5.74) is -0.949. The summed E-state index contributed by atoms with van der Waals surface area (Å²) in [4.78, 5) is 14.1. The van der Waals surface area contributed by atoms with Crippen LogP contribution in [-0.4, -0.2) is 50.4 Å². The number of carbonyl (C=O) groups excluding carboxylic acids is 1. The van der Waals surface area contributed by atoms with Gasteiger partial charge in [0.05, 0.1) is 18.8 Å². The largest absolute Gasteiger partial charge is 0.449 e.